The van der Waals surface area contributed by atoms with Gasteiger partial charge in [-0.15, -0.1) is 0 Å². The van der Waals surface area contributed by atoms with Gasteiger partial charge in [-0.25, -0.2) is 9.59 Å². The lowest BCUT2D eigenvalue weighted by Crippen LogP contribution is -2.21. The minimum absolute atomic E-state index is 0.138. The van der Waals surface area contributed by atoms with Crippen LogP contribution in [-0.2, 0) is 15.9 Å². The molecule has 1 rings (SSSR count). The molecule has 5 heteroatoms. The van der Waals surface area contributed by atoms with E-state index in [1.54, 1.807) is 12.1 Å². The van der Waals surface area contributed by atoms with Crippen molar-refractivity contribution in [1.29, 1.82) is 0 Å². The SMILES string of the molecule is CCCCOC(=O)c1cc(Br)c(CC)cc1C(=O)OCC(C)(C)C. The van der Waals surface area contributed by atoms with Gasteiger partial charge < -0.3 is 9.47 Å². The lowest BCUT2D eigenvalue weighted by Gasteiger charge is -2.19. The minimum atomic E-state index is -0.491. The summed E-state index contributed by atoms with van der Waals surface area (Å²) in [5.74, 6) is -0.982. The van der Waals surface area contributed by atoms with Crippen LogP contribution in [0.5, 0.6) is 0 Å². The molecule has 0 aromatic heterocycles. The molecule has 0 aliphatic carbocycles. The first kappa shape index (κ1) is 20.7. The molecule has 0 saturated carbocycles. The molecule has 1 aromatic carbocycles. The standard InChI is InChI=1S/C19H27BrO4/c1-6-8-9-23-17(21)15-11-16(20)13(7-2)10-14(15)18(22)24-12-19(3,4)5/h10-11H,6-9,12H2,1-5H3. The maximum absolute atomic E-state index is 12.5. The number of ether oxygens (including phenoxy) is 2. The van der Waals surface area contributed by atoms with Gasteiger partial charge in [0.25, 0.3) is 0 Å². The van der Waals surface area contributed by atoms with Crippen molar-refractivity contribution in [1.82, 2.24) is 0 Å². The number of unbranched alkanes of at least 4 members (excludes halogenated alkanes) is 1. The number of carbonyl (C=O) groups excluding carboxylic acids is 2. The molecule has 0 fully saturated rings. The normalized spacial score (nSPS) is 11.2. The zero-order chi connectivity index (χ0) is 18.3. The van der Waals surface area contributed by atoms with Crippen LogP contribution in [0.25, 0.3) is 0 Å². The van der Waals surface area contributed by atoms with E-state index in [1.165, 1.54) is 0 Å². The molecule has 0 spiro atoms. The van der Waals surface area contributed by atoms with E-state index in [1.807, 2.05) is 34.6 Å². The van der Waals surface area contributed by atoms with Crippen LogP contribution < -0.4 is 0 Å². The van der Waals surface area contributed by atoms with Crippen molar-refractivity contribution in [3.63, 3.8) is 0 Å². The van der Waals surface area contributed by atoms with Crippen LogP contribution in [-0.4, -0.2) is 25.2 Å². The van der Waals surface area contributed by atoms with Gasteiger partial charge in [0.15, 0.2) is 0 Å². The molecule has 0 aliphatic rings. The summed E-state index contributed by atoms with van der Waals surface area (Å²) in [6.07, 6.45) is 2.47. The Hall–Kier alpha value is -1.36. The number of halogens is 1. The van der Waals surface area contributed by atoms with Crippen molar-refractivity contribution in [2.75, 3.05) is 13.2 Å². The van der Waals surface area contributed by atoms with Gasteiger partial charge in [0.05, 0.1) is 24.3 Å². The summed E-state index contributed by atoms with van der Waals surface area (Å²) in [5, 5.41) is 0. The Morgan fingerprint density at radius 3 is 2.17 bits per heavy atom. The summed E-state index contributed by atoms with van der Waals surface area (Å²) >= 11 is 3.45. The number of hydrogen-bond acceptors (Lipinski definition) is 4. The van der Waals surface area contributed by atoms with Crippen LogP contribution in [0.3, 0.4) is 0 Å². The molecule has 0 bridgehead atoms. The van der Waals surface area contributed by atoms with Crippen LogP contribution in [0.2, 0.25) is 0 Å². The summed E-state index contributed by atoms with van der Waals surface area (Å²) in [6.45, 7) is 10.6. The molecule has 0 radical (unpaired) electrons. The number of benzene rings is 1. The average molecular weight is 399 g/mol. The van der Waals surface area contributed by atoms with E-state index in [0.717, 1.165) is 29.3 Å². The fourth-order valence-electron chi connectivity index (χ4n) is 1.97. The minimum Gasteiger partial charge on any atom is -0.462 e. The molecule has 4 nitrogen and oxygen atoms in total. The molecule has 0 amide bonds. The third kappa shape index (κ3) is 6.27. The van der Waals surface area contributed by atoms with E-state index in [4.69, 9.17) is 9.47 Å². The quantitative estimate of drug-likeness (QED) is 0.469. The van der Waals surface area contributed by atoms with Crippen LogP contribution in [0.15, 0.2) is 16.6 Å². The predicted octanol–water partition coefficient (Wildman–Crippen LogP) is 5.17. The Balaban J connectivity index is 3.10. The Kier molecular flexibility index (Phi) is 7.94. The molecule has 1 aromatic rings. The Morgan fingerprint density at radius 2 is 1.62 bits per heavy atom. The first-order valence-electron chi connectivity index (χ1n) is 8.36. The molecule has 134 valence electrons. The maximum atomic E-state index is 12.5. The summed E-state index contributed by atoms with van der Waals surface area (Å²) in [4.78, 5) is 24.8. The van der Waals surface area contributed by atoms with E-state index >= 15 is 0 Å². The molecule has 0 N–H and O–H groups in total. The number of aryl methyl sites for hydroxylation is 1. The van der Waals surface area contributed by atoms with E-state index in [2.05, 4.69) is 15.9 Å². The van der Waals surface area contributed by atoms with Gasteiger partial charge in [0.2, 0.25) is 0 Å². The van der Waals surface area contributed by atoms with Crippen LogP contribution in [0.4, 0.5) is 0 Å². The average Bonchev–Trinajstić information content (AvgIpc) is 2.51. The number of carbonyl (C=O) groups is 2. The topological polar surface area (TPSA) is 52.6 Å². The Bertz CT molecular complexity index is 588. The van der Waals surface area contributed by atoms with Crippen molar-refractivity contribution in [2.45, 2.75) is 53.9 Å². The molecular weight excluding hydrogens is 372 g/mol. The van der Waals surface area contributed by atoms with Crippen LogP contribution in [0.1, 0.15) is 73.7 Å². The van der Waals surface area contributed by atoms with Gasteiger partial charge in [-0.3, -0.25) is 0 Å². The van der Waals surface area contributed by atoms with Gasteiger partial charge in [-0.2, -0.15) is 0 Å². The second kappa shape index (κ2) is 9.21. The highest BCUT2D eigenvalue weighted by Gasteiger charge is 2.23. The number of rotatable bonds is 7. The lowest BCUT2D eigenvalue weighted by molar-refractivity contribution is 0.0352. The third-order valence-corrected chi connectivity index (χ3v) is 4.11. The van der Waals surface area contributed by atoms with Gasteiger partial charge in [0.1, 0.15) is 0 Å². The van der Waals surface area contributed by atoms with E-state index in [-0.39, 0.29) is 23.1 Å². The highest BCUT2D eigenvalue weighted by atomic mass is 79.9. The second-order valence-electron chi connectivity index (χ2n) is 6.97. The second-order valence-corrected chi connectivity index (χ2v) is 7.82. The smallest absolute Gasteiger partial charge is 0.339 e. The van der Waals surface area contributed by atoms with Crippen molar-refractivity contribution in [2.24, 2.45) is 5.41 Å². The largest absolute Gasteiger partial charge is 0.462 e. The zero-order valence-electron chi connectivity index (χ0n) is 15.2. The summed E-state index contributed by atoms with van der Waals surface area (Å²) in [7, 11) is 0. The predicted molar refractivity (Wildman–Crippen MR) is 98.4 cm³/mol. The molecule has 0 aliphatic heterocycles. The molecule has 0 heterocycles. The van der Waals surface area contributed by atoms with Gasteiger partial charge in [-0.1, -0.05) is 57.0 Å². The third-order valence-electron chi connectivity index (χ3n) is 3.37. The van der Waals surface area contributed by atoms with E-state index in [0.29, 0.717) is 6.61 Å². The molecule has 24 heavy (non-hydrogen) atoms. The van der Waals surface area contributed by atoms with Gasteiger partial charge in [-0.05, 0) is 36.0 Å². The number of esters is 2. The fourth-order valence-corrected chi connectivity index (χ4v) is 2.60. The molecule has 0 atom stereocenters. The van der Waals surface area contributed by atoms with Crippen molar-refractivity contribution < 1.29 is 19.1 Å². The summed E-state index contributed by atoms with van der Waals surface area (Å²) in [6, 6.07) is 3.37. The van der Waals surface area contributed by atoms with E-state index in [9.17, 15) is 9.59 Å². The van der Waals surface area contributed by atoms with Crippen molar-refractivity contribution in [3.05, 3.63) is 33.3 Å². The fraction of sp³-hybridized carbons (Fsp3) is 0.579. The molecule has 0 unspecified atom stereocenters. The first-order chi connectivity index (χ1) is 11.2. The van der Waals surface area contributed by atoms with E-state index < -0.39 is 11.9 Å². The summed E-state index contributed by atoms with van der Waals surface area (Å²) < 4.78 is 11.4. The lowest BCUT2D eigenvalue weighted by atomic mass is 9.98. The molecular formula is C19H27BrO4. The summed E-state index contributed by atoms with van der Waals surface area (Å²) in [5.41, 5.74) is 1.32. The highest BCUT2D eigenvalue weighted by Crippen LogP contribution is 2.25. The Labute approximate surface area is 153 Å². The first-order valence-corrected chi connectivity index (χ1v) is 9.15. The van der Waals surface area contributed by atoms with Gasteiger partial charge in [0, 0.05) is 4.47 Å². The Morgan fingerprint density at radius 1 is 1.04 bits per heavy atom. The van der Waals surface area contributed by atoms with Crippen molar-refractivity contribution >= 4 is 27.9 Å². The van der Waals surface area contributed by atoms with Crippen LogP contribution >= 0.6 is 15.9 Å². The monoisotopic (exact) mass is 398 g/mol. The van der Waals surface area contributed by atoms with Crippen LogP contribution in [0, 0.1) is 5.41 Å². The van der Waals surface area contributed by atoms with Gasteiger partial charge >= 0.3 is 11.9 Å². The maximum Gasteiger partial charge on any atom is 0.339 e. The van der Waals surface area contributed by atoms with Crippen molar-refractivity contribution in [3.8, 4) is 0 Å². The zero-order valence-corrected chi connectivity index (χ0v) is 16.8. The number of hydrogen-bond donors (Lipinski definition) is 0. The molecule has 0 saturated heterocycles. The highest BCUT2D eigenvalue weighted by molar-refractivity contribution is 9.10.